The predicted octanol–water partition coefficient (Wildman–Crippen LogP) is 2.90. The molecule has 2 heterocycles. The first-order valence-corrected chi connectivity index (χ1v) is 9.80. The third-order valence-corrected chi connectivity index (χ3v) is 4.79. The van der Waals surface area contributed by atoms with Gasteiger partial charge in [-0.2, -0.15) is 0 Å². The summed E-state index contributed by atoms with van der Waals surface area (Å²) in [7, 11) is 0. The summed E-state index contributed by atoms with van der Waals surface area (Å²) in [6.07, 6.45) is 0. The summed E-state index contributed by atoms with van der Waals surface area (Å²) < 4.78 is 10.8. The number of rotatable bonds is 5. The lowest BCUT2D eigenvalue weighted by atomic mass is 10.2. The Labute approximate surface area is 158 Å². The summed E-state index contributed by atoms with van der Waals surface area (Å²) in [6.45, 7) is 9.56. The Hall–Kier alpha value is -1.70. The van der Waals surface area contributed by atoms with Gasteiger partial charge < -0.3 is 9.47 Å². The van der Waals surface area contributed by atoms with Crippen molar-refractivity contribution in [2.75, 3.05) is 32.1 Å². The first-order valence-electron chi connectivity index (χ1n) is 8.81. The van der Waals surface area contributed by atoms with E-state index in [0.717, 1.165) is 48.1 Å². The number of benzene rings is 1. The molecule has 3 rings (SSSR count). The van der Waals surface area contributed by atoms with Gasteiger partial charge in [-0.1, -0.05) is 30.0 Å². The van der Waals surface area contributed by atoms with Gasteiger partial charge in [0.25, 0.3) is 0 Å². The number of fused-ring (bicyclic) bond motifs is 1. The van der Waals surface area contributed by atoms with Crippen LogP contribution in [0, 0.1) is 0 Å². The minimum atomic E-state index is -0.479. The molecule has 1 aromatic heterocycles. The summed E-state index contributed by atoms with van der Waals surface area (Å²) in [6, 6.07) is 7.91. The Morgan fingerprint density at radius 2 is 1.96 bits per heavy atom. The first-order chi connectivity index (χ1) is 12.4. The topological polar surface area (TPSA) is 64.5 Å². The van der Waals surface area contributed by atoms with Crippen LogP contribution in [0.25, 0.3) is 10.9 Å². The van der Waals surface area contributed by atoms with Crippen LogP contribution < -0.4 is 0 Å². The van der Waals surface area contributed by atoms with Gasteiger partial charge in [0.2, 0.25) is 0 Å². The van der Waals surface area contributed by atoms with Crippen molar-refractivity contribution in [3.05, 3.63) is 30.1 Å². The first kappa shape index (κ1) is 19.1. The number of nitrogens with zero attached hydrogens (tertiary/aromatic N) is 3. The molecule has 1 aliphatic heterocycles. The lowest BCUT2D eigenvalue weighted by Crippen LogP contribution is -2.36. The van der Waals surface area contributed by atoms with E-state index in [1.165, 1.54) is 11.8 Å². The number of para-hydroxylation sites is 1. The van der Waals surface area contributed by atoms with Crippen molar-refractivity contribution >= 4 is 28.6 Å². The maximum Gasteiger partial charge on any atom is 0.316 e. The van der Waals surface area contributed by atoms with E-state index >= 15 is 0 Å². The van der Waals surface area contributed by atoms with Crippen LogP contribution in [-0.2, 0) is 20.8 Å². The van der Waals surface area contributed by atoms with Gasteiger partial charge in [0.05, 0.1) is 31.0 Å². The summed E-state index contributed by atoms with van der Waals surface area (Å²) in [5, 5.41) is 1.79. The maximum absolute atomic E-state index is 12.1. The standard InChI is InChI=1S/C19H25N3O3S/c1-19(2,3)25-17(23)13-26-18-14-6-4-5-7-15(14)20-16(21-18)12-22-8-10-24-11-9-22/h4-7H,8-13H2,1-3H3. The Bertz CT molecular complexity index is 770. The molecule has 1 aromatic carbocycles. The van der Waals surface area contributed by atoms with Gasteiger partial charge in [0.15, 0.2) is 0 Å². The summed E-state index contributed by atoms with van der Waals surface area (Å²) in [5.74, 6) is 0.771. The smallest absolute Gasteiger partial charge is 0.316 e. The molecular weight excluding hydrogens is 350 g/mol. The largest absolute Gasteiger partial charge is 0.459 e. The molecule has 1 saturated heterocycles. The molecule has 0 unspecified atom stereocenters. The van der Waals surface area contributed by atoms with Crippen LogP contribution in [0.2, 0.25) is 0 Å². The molecule has 0 aliphatic carbocycles. The number of ether oxygens (including phenoxy) is 2. The Kier molecular flexibility index (Phi) is 6.11. The molecule has 140 valence electrons. The van der Waals surface area contributed by atoms with Crippen LogP contribution in [-0.4, -0.2) is 58.5 Å². The third-order valence-electron chi connectivity index (χ3n) is 3.83. The number of morpholine rings is 1. The van der Waals surface area contributed by atoms with Gasteiger partial charge in [-0.25, -0.2) is 9.97 Å². The van der Waals surface area contributed by atoms with E-state index in [-0.39, 0.29) is 11.7 Å². The molecule has 0 spiro atoms. The molecule has 1 aliphatic rings. The number of hydrogen-bond donors (Lipinski definition) is 0. The van der Waals surface area contributed by atoms with Crippen molar-refractivity contribution in [3.63, 3.8) is 0 Å². The highest BCUT2D eigenvalue weighted by atomic mass is 32.2. The number of carbonyl (C=O) groups excluding carboxylic acids is 1. The van der Waals surface area contributed by atoms with Gasteiger partial charge in [-0.15, -0.1) is 0 Å². The molecule has 6 nitrogen and oxygen atoms in total. The minimum absolute atomic E-state index is 0.231. The van der Waals surface area contributed by atoms with Crippen LogP contribution in [0.4, 0.5) is 0 Å². The molecule has 0 saturated carbocycles. The monoisotopic (exact) mass is 375 g/mol. The van der Waals surface area contributed by atoms with Gasteiger partial charge >= 0.3 is 5.97 Å². The fraction of sp³-hybridized carbons (Fsp3) is 0.526. The van der Waals surface area contributed by atoms with E-state index in [1.54, 1.807) is 0 Å². The molecule has 0 atom stereocenters. The van der Waals surface area contributed by atoms with Crippen LogP contribution >= 0.6 is 11.8 Å². The quantitative estimate of drug-likeness (QED) is 0.452. The third kappa shape index (κ3) is 5.40. The van der Waals surface area contributed by atoms with Crippen LogP contribution in [0.3, 0.4) is 0 Å². The van der Waals surface area contributed by atoms with Crippen LogP contribution in [0.1, 0.15) is 26.6 Å². The lowest BCUT2D eigenvalue weighted by Gasteiger charge is -2.26. The summed E-state index contributed by atoms with van der Waals surface area (Å²) in [5.41, 5.74) is 0.421. The zero-order chi connectivity index (χ0) is 18.6. The fourth-order valence-corrected chi connectivity index (χ4v) is 3.54. The number of carbonyl (C=O) groups is 1. The van der Waals surface area contributed by atoms with Crippen molar-refractivity contribution in [2.24, 2.45) is 0 Å². The highest BCUT2D eigenvalue weighted by Gasteiger charge is 2.18. The maximum atomic E-state index is 12.1. The molecule has 0 radical (unpaired) electrons. The van der Waals surface area contributed by atoms with E-state index < -0.39 is 5.60 Å². The SMILES string of the molecule is CC(C)(C)OC(=O)CSc1nc(CN2CCOCC2)nc2ccccc12. The van der Waals surface area contributed by atoms with Crippen LogP contribution in [0.15, 0.2) is 29.3 Å². The van der Waals surface area contributed by atoms with E-state index in [2.05, 4.69) is 4.90 Å². The second-order valence-electron chi connectivity index (χ2n) is 7.23. The molecular formula is C19H25N3O3S. The highest BCUT2D eigenvalue weighted by Crippen LogP contribution is 2.26. The normalized spacial score (nSPS) is 16.0. The van der Waals surface area contributed by atoms with E-state index in [4.69, 9.17) is 19.4 Å². The molecule has 2 aromatic rings. The van der Waals surface area contributed by atoms with Gasteiger partial charge in [0, 0.05) is 18.5 Å². The second kappa shape index (κ2) is 8.33. The average molecular weight is 375 g/mol. The number of hydrogen-bond acceptors (Lipinski definition) is 7. The Balaban J connectivity index is 1.77. The predicted molar refractivity (Wildman–Crippen MR) is 102 cm³/mol. The molecule has 1 fully saturated rings. The van der Waals surface area contributed by atoms with Crippen molar-refractivity contribution in [1.29, 1.82) is 0 Å². The zero-order valence-electron chi connectivity index (χ0n) is 15.5. The van der Waals surface area contributed by atoms with E-state index in [1.807, 2.05) is 45.0 Å². The molecule has 0 amide bonds. The Morgan fingerprint density at radius 3 is 2.69 bits per heavy atom. The molecule has 0 bridgehead atoms. The minimum Gasteiger partial charge on any atom is -0.459 e. The summed E-state index contributed by atoms with van der Waals surface area (Å²) >= 11 is 1.41. The molecule has 0 N–H and O–H groups in total. The van der Waals surface area contributed by atoms with E-state index in [0.29, 0.717) is 6.54 Å². The average Bonchev–Trinajstić information content (AvgIpc) is 2.59. The zero-order valence-corrected chi connectivity index (χ0v) is 16.3. The van der Waals surface area contributed by atoms with Crippen molar-refractivity contribution in [3.8, 4) is 0 Å². The van der Waals surface area contributed by atoms with Gasteiger partial charge in [0.1, 0.15) is 16.5 Å². The fourth-order valence-electron chi connectivity index (χ4n) is 2.73. The Morgan fingerprint density at radius 1 is 1.23 bits per heavy atom. The van der Waals surface area contributed by atoms with Crippen molar-refractivity contribution in [2.45, 2.75) is 37.9 Å². The van der Waals surface area contributed by atoms with Crippen molar-refractivity contribution < 1.29 is 14.3 Å². The molecule has 7 heteroatoms. The second-order valence-corrected chi connectivity index (χ2v) is 8.19. The number of esters is 1. The van der Waals surface area contributed by atoms with E-state index in [9.17, 15) is 4.79 Å². The highest BCUT2D eigenvalue weighted by molar-refractivity contribution is 8.00. The van der Waals surface area contributed by atoms with Gasteiger partial charge in [-0.05, 0) is 26.8 Å². The number of thioether (sulfide) groups is 1. The van der Waals surface area contributed by atoms with Gasteiger partial charge in [-0.3, -0.25) is 9.69 Å². The lowest BCUT2D eigenvalue weighted by molar-refractivity contribution is -0.151. The van der Waals surface area contributed by atoms with Crippen molar-refractivity contribution in [1.82, 2.24) is 14.9 Å². The molecule has 26 heavy (non-hydrogen) atoms. The van der Waals surface area contributed by atoms with Crippen LogP contribution in [0.5, 0.6) is 0 Å². The number of aromatic nitrogens is 2. The summed E-state index contributed by atoms with van der Waals surface area (Å²) in [4.78, 5) is 23.8.